The van der Waals surface area contributed by atoms with Crippen LogP contribution in [0.25, 0.3) is 0 Å². The molecule has 20 heavy (non-hydrogen) atoms. The third-order valence-corrected chi connectivity index (χ3v) is 3.47. The molecule has 0 aromatic heterocycles. The Hall–Kier alpha value is -1.91. The van der Waals surface area contributed by atoms with Crippen LogP contribution in [-0.2, 0) is 6.42 Å². The van der Waals surface area contributed by atoms with E-state index in [-0.39, 0.29) is 11.9 Å². The third kappa shape index (κ3) is 2.98. The van der Waals surface area contributed by atoms with Crippen LogP contribution in [0.2, 0.25) is 0 Å². The zero-order valence-electron chi connectivity index (χ0n) is 11.7. The topological polar surface area (TPSA) is 47.3 Å². The normalized spacial score (nSPS) is 12.2. The molecule has 2 aromatic rings. The first-order valence-electron chi connectivity index (χ1n) is 6.50. The van der Waals surface area contributed by atoms with Gasteiger partial charge in [0.1, 0.15) is 11.6 Å². The number of hydrazine groups is 1. The minimum atomic E-state index is -0.341. The van der Waals surface area contributed by atoms with Gasteiger partial charge < -0.3 is 4.74 Å². The molecule has 0 aliphatic carbocycles. The Morgan fingerprint density at radius 2 is 1.95 bits per heavy atom. The largest absolute Gasteiger partial charge is 0.496 e. The van der Waals surface area contributed by atoms with Gasteiger partial charge in [-0.1, -0.05) is 30.3 Å². The summed E-state index contributed by atoms with van der Waals surface area (Å²) >= 11 is 0. The van der Waals surface area contributed by atoms with Gasteiger partial charge in [0.2, 0.25) is 0 Å². The highest BCUT2D eigenvalue weighted by molar-refractivity contribution is 5.39. The number of methoxy groups -OCH3 is 1. The summed E-state index contributed by atoms with van der Waals surface area (Å²) in [5, 5.41) is 0. The molecule has 1 atom stereocenters. The SMILES string of the molecule is COc1cccc(F)c1C(Cc1ccccc1C)NN. The van der Waals surface area contributed by atoms with Gasteiger partial charge in [0.15, 0.2) is 0 Å². The lowest BCUT2D eigenvalue weighted by Crippen LogP contribution is -2.30. The molecule has 2 aromatic carbocycles. The second-order valence-corrected chi connectivity index (χ2v) is 4.71. The average molecular weight is 274 g/mol. The molecule has 3 N–H and O–H groups in total. The Bertz CT molecular complexity index is 586. The van der Waals surface area contributed by atoms with Gasteiger partial charge in [0, 0.05) is 5.56 Å². The fourth-order valence-electron chi connectivity index (χ4n) is 2.34. The fraction of sp³-hybridized carbons (Fsp3) is 0.250. The lowest BCUT2D eigenvalue weighted by atomic mass is 9.95. The highest BCUT2D eigenvalue weighted by atomic mass is 19.1. The number of hydrogen-bond acceptors (Lipinski definition) is 3. The lowest BCUT2D eigenvalue weighted by molar-refractivity contribution is 0.390. The first kappa shape index (κ1) is 14.5. The van der Waals surface area contributed by atoms with E-state index in [1.807, 2.05) is 31.2 Å². The number of halogens is 1. The van der Waals surface area contributed by atoms with Gasteiger partial charge in [-0.05, 0) is 36.6 Å². The summed E-state index contributed by atoms with van der Waals surface area (Å²) in [6.45, 7) is 2.03. The summed E-state index contributed by atoms with van der Waals surface area (Å²) < 4.78 is 19.3. The van der Waals surface area contributed by atoms with Crippen LogP contribution < -0.4 is 16.0 Å². The number of nitrogens with two attached hydrogens (primary N) is 1. The maximum absolute atomic E-state index is 14.1. The Balaban J connectivity index is 2.36. The van der Waals surface area contributed by atoms with Crippen LogP contribution in [0, 0.1) is 12.7 Å². The van der Waals surface area contributed by atoms with Crippen molar-refractivity contribution in [3.63, 3.8) is 0 Å². The predicted molar refractivity (Wildman–Crippen MR) is 77.9 cm³/mol. The molecule has 0 aliphatic heterocycles. The van der Waals surface area contributed by atoms with Crippen molar-refractivity contribution in [3.05, 3.63) is 65.0 Å². The minimum Gasteiger partial charge on any atom is -0.496 e. The molecule has 3 nitrogen and oxygen atoms in total. The molecule has 4 heteroatoms. The molecular weight excluding hydrogens is 255 g/mol. The first-order valence-corrected chi connectivity index (χ1v) is 6.50. The van der Waals surface area contributed by atoms with Crippen LogP contribution in [-0.4, -0.2) is 7.11 Å². The van der Waals surface area contributed by atoms with Gasteiger partial charge in [0.05, 0.1) is 13.2 Å². The van der Waals surface area contributed by atoms with E-state index in [9.17, 15) is 4.39 Å². The Kier molecular flexibility index (Phi) is 4.71. The molecule has 0 spiro atoms. The van der Waals surface area contributed by atoms with E-state index in [1.54, 1.807) is 12.1 Å². The van der Waals surface area contributed by atoms with E-state index in [0.717, 1.165) is 11.1 Å². The molecule has 0 heterocycles. The maximum Gasteiger partial charge on any atom is 0.131 e. The Morgan fingerprint density at radius 1 is 1.20 bits per heavy atom. The first-order chi connectivity index (χ1) is 9.67. The van der Waals surface area contributed by atoms with Crippen molar-refractivity contribution < 1.29 is 9.13 Å². The van der Waals surface area contributed by atoms with Crippen LogP contribution in [0.5, 0.6) is 5.75 Å². The van der Waals surface area contributed by atoms with E-state index in [2.05, 4.69) is 5.43 Å². The summed E-state index contributed by atoms with van der Waals surface area (Å²) in [6.07, 6.45) is 0.598. The minimum absolute atomic E-state index is 0.319. The summed E-state index contributed by atoms with van der Waals surface area (Å²) in [7, 11) is 1.53. The number of ether oxygens (including phenoxy) is 1. The smallest absolute Gasteiger partial charge is 0.131 e. The number of rotatable bonds is 5. The number of hydrogen-bond donors (Lipinski definition) is 2. The van der Waals surface area contributed by atoms with Gasteiger partial charge in [-0.2, -0.15) is 0 Å². The van der Waals surface area contributed by atoms with Gasteiger partial charge in [-0.25, -0.2) is 4.39 Å². The summed E-state index contributed by atoms with van der Waals surface area (Å²) in [5.41, 5.74) is 5.43. The lowest BCUT2D eigenvalue weighted by Gasteiger charge is -2.20. The molecule has 1 unspecified atom stereocenters. The number of aryl methyl sites for hydroxylation is 1. The summed E-state index contributed by atoms with van der Waals surface area (Å²) in [6, 6.07) is 12.4. The van der Waals surface area contributed by atoms with Crippen molar-refractivity contribution in [3.8, 4) is 5.75 Å². The average Bonchev–Trinajstić information content (AvgIpc) is 2.47. The van der Waals surface area contributed by atoms with Gasteiger partial charge >= 0.3 is 0 Å². The van der Waals surface area contributed by atoms with Gasteiger partial charge in [0.25, 0.3) is 0 Å². The van der Waals surface area contributed by atoms with Gasteiger partial charge in [-0.3, -0.25) is 11.3 Å². The van der Waals surface area contributed by atoms with E-state index >= 15 is 0 Å². The Morgan fingerprint density at radius 3 is 2.60 bits per heavy atom. The van der Waals surface area contributed by atoms with E-state index < -0.39 is 0 Å². The maximum atomic E-state index is 14.1. The van der Waals surface area contributed by atoms with Crippen molar-refractivity contribution >= 4 is 0 Å². The molecule has 0 fully saturated rings. The zero-order valence-corrected chi connectivity index (χ0v) is 11.7. The molecular formula is C16H19FN2O. The monoisotopic (exact) mass is 274 g/mol. The molecule has 0 saturated carbocycles. The Labute approximate surface area is 118 Å². The van der Waals surface area contributed by atoms with Crippen molar-refractivity contribution in [2.24, 2.45) is 5.84 Å². The van der Waals surface area contributed by atoms with E-state index in [1.165, 1.54) is 13.2 Å². The second-order valence-electron chi connectivity index (χ2n) is 4.71. The van der Waals surface area contributed by atoms with Gasteiger partial charge in [-0.15, -0.1) is 0 Å². The summed E-state index contributed by atoms with van der Waals surface area (Å²) in [4.78, 5) is 0. The second kappa shape index (κ2) is 6.50. The van der Waals surface area contributed by atoms with E-state index in [4.69, 9.17) is 10.6 Å². The molecule has 0 radical (unpaired) electrons. The van der Waals surface area contributed by atoms with Crippen molar-refractivity contribution in [1.29, 1.82) is 0 Å². The van der Waals surface area contributed by atoms with Crippen LogP contribution >= 0.6 is 0 Å². The van der Waals surface area contributed by atoms with Crippen molar-refractivity contribution in [2.75, 3.05) is 7.11 Å². The molecule has 106 valence electrons. The molecule has 0 amide bonds. The molecule has 0 aliphatic rings. The molecule has 2 rings (SSSR count). The van der Waals surface area contributed by atoms with Crippen LogP contribution in [0.4, 0.5) is 4.39 Å². The highest BCUT2D eigenvalue weighted by Crippen LogP contribution is 2.30. The quantitative estimate of drug-likeness (QED) is 0.651. The standard InChI is InChI=1S/C16H19FN2O/c1-11-6-3-4-7-12(11)10-14(19-18)16-13(17)8-5-9-15(16)20-2/h3-9,14,19H,10,18H2,1-2H3. The third-order valence-electron chi connectivity index (χ3n) is 3.47. The predicted octanol–water partition coefficient (Wildman–Crippen LogP) is 2.89. The fourth-order valence-corrected chi connectivity index (χ4v) is 2.34. The summed E-state index contributed by atoms with van der Waals surface area (Å²) in [5.74, 6) is 5.81. The number of nitrogens with one attached hydrogen (secondary N) is 1. The highest BCUT2D eigenvalue weighted by Gasteiger charge is 2.20. The van der Waals surface area contributed by atoms with Crippen molar-refractivity contribution in [1.82, 2.24) is 5.43 Å². The molecule has 0 bridgehead atoms. The van der Waals surface area contributed by atoms with Crippen LogP contribution in [0.15, 0.2) is 42.5 Å². The number of benzene rings is 2. The molecule has 0 saturated heterocycles. The van der Waals surface area contributed by atoms with Crippen molar-refractivity contribution in [2.45, 2.75) is 19.4 Å². The van der Waals surface area contributed by atoms with Crippen LogP contribution in [0.1, 0.15) is 22.7 Å². The van der Waals surface area contributed by atoms with E-state index in [0.29, 0.717) is 17.7 Å². The van der Waals surface area contributed by atoms with Crippen LogP contribution in [0.3, 0.4) is 0 Å². The zero-order chi connectivity index (χ0) is 14.5.